The van der Waals surface area contributed by atoms with Gasteiger partial charge in [0.05, 0.1) is 43.0 Å². The van der Waals surface area contributed by atoms with E-state index in [9.17, 15) is 19.8 Å². The number of phenolic OH excluding ortho intramolecular Hbond substituents is 1. The maximum atomic E-state index is 13.3. The van der Waals surface area contributed by atoms with Gasteiger partial charge in [-0.3, -0.25) is 9.59 Å². The number of benzene rings is 3. The molecule has 38 heavy (non-hydrogen) atoms. The Balaban J connectivity index is 1.78. The number of methoxy groups -OCH3 is 3. The second-order valence-electron chi connectivity index (χ2n) is 8.50. The van der Waals surface area contributed by atoms with Crippen molar-refractivity contribution in [2.24, 2.45) is 0 Å². The highest BCUT2D eigenvalue weighted by Crippen LogP contribution is 2.42. The number of Topliss-reactive ketones (excluding diaryl/α,β-unsaturated/α-hetero) is 1. The average molecular weight is 558 g/mol. The lowest BCUT2D eigenvalue weighted by atomic mass is 9.95. The standard InChI is InChI=1S/C28H25Cl2NO7/c1-36-21-9-4-15(12-22(21)37-2)10-11-31-24(16-5-7-18(32)8-6-16)23(26(34)28(31)35)25(33)17-13-19(29)27(38-3)20(30)14-17/h4-9,12-14,24,32-33H,10-11H2,1-3H3/b25-23+. The van der Waals surface area contributed by atoms with Gasteiger partial charge in [-0.25, -0.2) is 0 Å². The highest BCUT2D eigenvalue weighted by molar-refractivity contribution is 6.46. The molecule has 1 aliphatic rings. The Hall–Kier alpha value is -3.88. The number of likely N-dealkylation sites (tertiary alicyclic amines) is 1. The van der Waals surface area contributed by atoms with Gasteiger partial charge in [-0.2, -0.15) is 0 Å². The summed E-state index contributed by atoms with van der Waals surface area (Å²) in [6.45, 7) is 0.159. The van der Waals surface area contributed by atoms with Gasteiger partial charge in [-0.15, -0.1) is 0 Å². The number of carbonyl (C=O) groups excluding carboxylic acids is 2. The summed E-state index contributed by atoms with van der Waals surface area (Å²) in [5.74, 6) is -0.707. The van der Waals surface area contributed by atoms with Crippen LogP contribution >= 0.6 is 23.2 Å². The molecule has 0 bridgehead atoms. The van der Waals surface area contributed by atoms with Gasteiger partial charge in [-0.1, -0.05) is 41.4 Å². The number of nitrogens with zero attached hydrogens (tertiary/aromatic N) is 1. The van der Waals surface area contributed by atoms with Crippen LogP contribution in [0.3, 0.4) is 0 Å². The second kappa shape index (κ2) is 11.2. The van der Waals surface area contributed by atoms with Gasteiger partial charge in [0.2, 0.25) is 0 Å². The number of halogens is 2. The van der Waals surface area contributed by atoms with Gasteiger partial charge in [-0.05, 0) is 53.9 Å². The topological polar surface area (TPSA) is 106 Å². The molecule has 1 saturated heterocycles. The molecule has 1 amide bonds. The first-order valence-corrected chi connectivity index (χ1v) is 12.3. The summed E-state index contributed by atoms with van der Waals surface area (Å²) in [4.78, 5) is 27.9. The lowest BCUT2D eigenvalue weighted by Gasteiger charge is -2.25. The summed E-state index contributed by atoms with van der Waals surface area (Å²) in [6.07, 6.45) is 0.391. The van der Waals surface area contributed by atoms with E-state index in [1.165, 1.54) is 50.5 Å². The van der Waals surface area contributed by atoms with E-state index in [-0.39, 0.29) is 39.2 Å². The summed E-state index contributed by atoms with van der Waals surface area (Å²) in [7, 11) is 4.47. The Kier molecular flexibility index (Phi) is 8.04. The number of aliphatic hydroxyl groups excluding tert-OH is 1. The molecule has 0 radical (unpaired) electrons. The smallest absolute Gasteiger partial charge is 0.295 e. The molecule has 10 heteroatoms. The molecule has 2 N–H and O–H groups in total. The number of rotatable bonds is 8. The highest BCUT2D eigenvalue weighted by atomic mass is 35.5. The molecule has 198 valence electrons. The summed E-state index contributed by atoms with van der Waals surface area (Å²) in [5, 5.41) is 21.3. The van der Waals surface area contributed by atoms with Crippen molar-refractivity contribution in [1.29, 1.82) is 0 Å². The molecule has 0 spiro atoms. The predicted molar refractivity (Wildman–Crippen MR) is 143 cm³/mol. The van der Waals surface area contributed by atoms with E-state index in [4.69, 9.17) is 37.4 Å². The molecule has 1 heterocycles. The molecule has 1 aliphatic heterocycles. The number of carbonyl (C=O) groups is 2. The van der Waals surface area contributed by atoms with Crippen LogP contribution in [0.25, 0.3) is 5.76 Å². The normalized spacial score (nSPS) is 16.6. The summed E-state index contributed by atoms with van der Waals surface area (Å²) in [6, 6.07) is 13.4. The van der Waals surface area contributed by atoms with Crippen LogP contribution < -0.4 is 14.2 Å². The predicted octanol–water partition coefficient (Wildman–Crippen LogP) is 5.39. The fraction of sp³-hybridized carbons (Fsp3) is 0.214. The minimum absolute atomic E-state index is 0.0183. The molecule has 3 aromatic carbocycles. The van der Waals surface area contributed by atoms with Crippen LogP contribution in [0.15, 0.2) is 60.2 Å². The van der Waals surface area contributed by atoms with E-state index in [0.29, 0.717) is 23.5 Å². The van der Waals surface area contributed by atoms with Crippen molar-refractivity contribution in [3.8, 4) is 23.0 Å². The first kappa shape index (κ1) is 27.2. The van der Waals surface area contributed by atoms with E-state index in [0.717, 1.165) is 5.56 Å². The fourth-order valence-corrected chi connectivity index (χ4v) is 5.09. The fourth-order valence-electron chi connectivity index (χ4n) is 4.45. The molecular weight excluding hydrogens is 533 g/mol. The quantitative estimate of drug-likeness (QED) is 0.217. The Morgan fingerprint density at radius 1 is 0.895 bits per heavy atom. The Labute approximate surface area is 229 Å². The minimum Gasteiger partial charge on any atom is -0.508 e. The molecule has 1 atom stereocenters. The summed E-state index contributed by atoms with van der Waals surface area (Å²) < 4.78 is 15.8. The van der Waals surface area contributed by atoms with Gasteiger partial charge in [0.15, 0.2) is 17.2 Å². The van der Waals surface area contributed by atoms with Crippen LogP contribution in [0, 0.1) is 0 Å². The van der Waals surface area contributed by atoms with Crippen molar-refractivity contribution in [3.05, 3.63) is 86.9 Å². The third-order valence-corrected chi connectivity index (χ3v) is 6.88. The zero-order valence-corrected chi connectivity index (χ0v) is 22.3. The number of ether oxygens (including phenoxy) is 3. The van der Waals surface area contributed by atoms with E-state index in [1.54, 1.807) is 24.3 Å². The third-order valence-electron chi connectivity index (χ3n) is 6.31. The van der Waals surface area contributed by atoms with Crippen molar-refractivity contribution in [2.45, 2.75) is 12.5 Å². The first-order valence-electron chi connectivity index (χ1n) is 11.5. The molecule has 1 unspecified atom stereocenters. The lowest BCUT2D eigenvalue weighted by molar-refractivity contribution is -0.139. The molecule has 3 aromatic rings. The number of ketones is 1. The number of amides is 1. The monoisotopic (exact) mass is 557 g/mol. The highest BCUT2D eigenvalue weighted by Gasteiger charge is 2.46. The number of aromatic hydroxyl groups is 1. The first-order chi connectivity index (χ1) is 18.2. The van der Waals surface area contributed by atoms with Crippen LogP contribution in [0.1, 0.15) is 22.7 Å². The molecule has 0 aromatic heterocycles. The van der Waals surface area contributed by atoms with Gasteiger partial charge >= 0.3 is 0 Å². The summed E-state index contributed by atoms with van der Waals surface area (Å²) >= 11 is 12.5. The molecule has 4 rings (SSSR count). The van der Waals surface area contributed by atoms with Gasteiger partial charge in [0.1, 0.15) is 11.5 Å². The van der Waals surface area contributed by atoms with E-state index < -0.39 is 23.5 Å². The van der Waals surface area contributed by atoms with E-state index in [1.807, 2.05) is 6.07 Å². The van der Waals surface area contributed by atoms with Crippen molar-refractivity contribution < 1.29 is 34.0 Å². The zero-order valence-electron chi connectivity index (χ0n) is 20.8. The Morgan fingerprint density at radius 2 is 1.53 bits per heavy atom. The molecule has 0 aliphatic carbocycles. The van der Waals surface area contributed by atoms with Crippen LogP contribution in [0.2, 0.25) is 10.0 Å². The second-order valence-corrected chi connectivity index (χ2v) is 9.31. The number of phenols is 1. The van der Waals surface area contributed by atoms with E-state index >= 15 is 0 Å². The van der Waals surface area contributed by atoms with Gasteiger partial charge in [0, 0.05) is 12.1 Å². The van der Waals surface area contributed by atoms with E-state index in [2.05, 4.69) is 0 Å². The Morgan fingerprint density at radius 3 is 2.11 bits per heavy atom. The number of hydrogen-bond acceptors (Lipinski definition) is 7. The summed E-state index contributed by atoms with van der Waals surface area (Å²) in [5.41, 5.74) is 1.41. The van der Waals surface area contributed by atoms with Crippen LogP contribution in [0.5, 0.6) is 23.0 Å². The van der Waals surface area contributed by atoms with Crippen molar-refractivity contribution >= 4 is 40.7 Å². The molecular formula is C28H25Cl2NO7. The maximum absolute atomic E-state index is 13.3. The van der Waals surface area contributed by atoms with Crippen LogP contribution in [0.4, 0.5) is 0 Å². The molecule has 1 fully saturated rings. The SMILES string of the molecule is COc1ccc(CCN2C(=O)C(=O)/C(=C(/O)c3cc(Cl)c(OC)c(Cl)c3)C2c2ccc(O)cc2)cc1OC. The Bertz CT molecular complexity index is 1400. The lowest BCUT2D eigenvalue weighted by Crippen LogP contribution is -2.31. The van der Waals surface area contributed by atoms with Crippen molar-refractivity contribution in [3.63, 3.8) is 0 Å². The minimum atomic E-state index is -0.921. The van der Waals surface area contributed by atoms with Gasteiger partial charge < -0.3 is 29.3 Å². The maximum Gasteiger partial charge on any atom is 0.295 e. The van der Waals surface area contributed by atoms with Crippen LogP contribution in [-0.2, 0) is 16.0 Å². The number of aliphatic hydroxyl groups is 1. The van der Waals surface area contributed by atoms with Gasteiger partial charge in [0.25, 0.3) is 11.7 Å². The number of hydrogen-bond donors (Lipinski definition) is 2. The molecule has 0 saturated carbocycles. The zero-order chi connectivity index (χ0) is 27.6. The van der Waals surface area contributed by atoms with Crippen molar-refractivity contribution in [1.82, 2.24) is 4.90 Å². The molecule has 8 nitrogen and oxygen atoms in total. The average Bonchev–Trinajstić information content (AvgIpc) is 3.16. The largest absolute Gasteiger partial charge is 0.508 e. The van der Waals surface area contributed by atoms with Crippen molar-refractivity contribution in [2.75, 3.05) is 27.9 Å². The third kappa shape index (κ3) is 5.10. The van der Waals surface area contributed by atoms with Crippen LogP contribution in [-0.4, -0.2) is 54.7 Å².